The van der Waals surface area contributed by atoms with Gasteiger partial charge in [0, 0.05) is 45.5 Å². The minimum atomic E-state index is -2.68. The summed E-state index contributed by atoms with van der Waals surface area (Å²) >= 11 is 0. The van der Waals surface area contributed by atoms with Crippen LogP contribution in [0, 0.1) is 0 Å². The lowest BCUT2D eigenvalue weighted by atomic mass is 10.3. The molecule has 0 aromatic rings. The second-order valence-electron chi connectivity index (χ2n) is 6.01. The minimum absolute atomic E-state index is 0.0720. The number of alkyl carbamates (subject to hydrolysis) is 2. The van der Waals surface area contributed by atoms with Gasteiger partial charge in [-0.25, -0.2) is 14.4 Å². The lowest BCUT2D eigenvalue weighted by Crippen LogP contribution is -2.43. The Labute approximate surface area is 172 Å². The quantitative estimate of drug-likeness (QED) is 0.136. The number of nitrogens with one attached hydrogen (secondary N) is 2. The highest BCUT2D eigenvalue weighted by atomic mass is 28.4. The Kier molecular flexibility index (Phi) is 13.7. The molecule has 0 spiro atoms. The van der Waals surface area contributed by atoms with Gasteiger partial charge in [0.1, 0.15) is 13.2 Å². The average molecular weight is 437 g/mol. The third kappa shape index (κ3) is 12.1. The van der Waals surface area contributed by atoms with E-state index in [4.69, 9.17) is 27.5 Å². The molecule has 0 aliphatic rings. The van der Waals surface area contributed by atoms with Crippen molar-refractivity contribution in [3.63, 3.8) is 0 Å². The van der Waals surface area contributed by atoms with E-state index in [1.165, 1.54) is 28.3 Å². The molecule has 0 saturated heterocycles. The predicted octanol–water partition coefficient (Wildman–Crippen LogP) is 1.21. The SMILES string of the molecule is C=C(C)C(=O)OCCOC(=O)NC(C)CNC(=O)OCCC[Si](OC)(OC)OC. The molecule has 11 nitrogen and oxygen atoms in total. The van der Waals surface area contributed by atoms with E-state index in [9.17, 15) is 14.4 Å². The van der Waals surface area contributed by atoms with E-state index >= 15 is 0 Å². The normalized spacial score (nSPS) is 11.9. The van der Waals surface area contributed by atoms with Gasteiger partial charge in [-0.15, -0.1) is 0 Å². The average Bonchev–Trinajstić information content (AvgIpc) is 2.70. The molecule has 1 atom stereocenters. The van der Waals surface area contributed by atoms with Crippen molar-refractivity contribution in [2.45, 2.75) is 32.4 Å². The van der Waals surface area contributed by atoms with Crippen molar-refractivity contribution in [2.24, 2.45) is 0 Å². The van der Waals surface area contributed by atoms with Crippen molar-refractivity contribution in [3.05, 3.63) is 12.2 Å². The van der Waals surface area contributed by atoms with Crippen molar-refractivity contribution in [1.29, 1.82) is 0 Å². The van der Waals surface area contributed by atoms with Crippen molar-refractivity contribution < 1.29 is 41.9 Å². The van der Waals surface area contributed by atoms with Crippen molar-refractivity contribution >= 4 is 27.0 Å². The first kappa shape index (κ1) is 26.8. The summed E-state index contributed by atoms with van der Waals surface area (Å²) in [7, 11) is 1.87. The molecular weight excluding hydrogens is 404 g/mol. The van der Waals surface area contributed by atoms with E-state index in [1.807, 2.05) is 0 Å². The van der Waals surface area contributed by atoms with Crippen LogP contribution in [0.25, 0.3) is 0 Å². The van der Waals surface area contributed by atoms with E-state index in [0.717, 1.165) is 0 Å². The van der Waals surface area contributed by atoms with E-state index in [0.29, 0.717) is 12.5 Å². The highest BCUT2D eigenvalue weighted by Crippen LogP contribution is 2.14. The Morgan fingerprint density at radius 1 is 0.931 bits per heavy atom. The molecule has 2 amide bonds. The molecule has 29 heavy (non-hydrogen) atoms. The number of hydrogen-bond acceptors (Lipinski definition) is 9. The third-order valence-electron chi connectivity index (χ3n) is 3.61. The van der Waals surface area contributed by atoms with E-state index in [-0.39, 0.29) is 31.9 Å². The van der Waals surface area contributed by atoms with Crippen LogP contribution in [0.5, 0.6) is 0 Å². The van der Waals surface area contributed by atoms with Crippen LogP contribution in [0.3, 0.4) is 0 Å². The number of carbonyl (C=O) groups excluding carboxylic acids is 3. The van der Waals surface area contributed by atoms with Gasteiger partial charge in [-0.2, -0.15) is 0 Å². The fraction of sp³-hybridized carbons (Fsp3) is 0.706. The van der Waals surface area contributed by atoms with E-state index in [1.54, 1.807) is 6.92 Å². The molecule has 2 N–H and O–H groups in total. The van der Waals surface area contributed by atoms with Gasteiger partial charge in [0.05, 0.1) is 6.61 Å². The van der Waals surface area contributed by atoms with Crippen LogP contribution in [0.4, 0.5) is 9.59 Å². The fourth-order valence-electron chi connectivity index (χ4n) is 1.98. The number of amides is 2. The van der Waals surface area contributed by atoms with Crippen LogP contribution in [-0.4, -0.2) is 80.7 Å². The Morgan fingerprint density at radius 2 is 1.48 bits per heavy atom. The largest absolute Gasteiger partial charge is 0.500 e. The Hall–Kier alpha value is -2.15. The zero-order chi connectivity index (χ0) is 22.3. The first-order valence-electron chi connectivity index (χ1n) is 9.01. The summed E-state index contributed by atoms with van der Waals surface area (Å²) in [6.45, 7) is 6.78. The van der Waals surface area contributed by atoms with Gasteiger partial charge in [-0.3, -0.25) is 0 Å². The van der Waals surface area contributed by atoms with Crippen LogP contribution in [0.2, 0.25) is 6.04 Å². The number of ether oxygens (including phenoxy) is 3. The molecule has 0 saturated carbocycles. The van der Waals surface area contributed by atoms with Gasteiger partial charge >= 0.3 is 27.0 Å². The molecule has 0 heterocycles. The van der Waals surface area contributed by atoms with Gasteiger partial charge in [0.25, 0.3) is 0 Å². The maximum atomic E-state index is 11.7. The van der Waals surface area contributed by atoms with Crippen molar-refractivity contribution in [3.8, 4) is 0 Å². The van der Waals surface area contributed by atoms with Crippen molar-refractivity contribution in [2.75, 3.05) is 47.7 Å². The molecule has 0 aromatic heterocycles. The van der Waals surface area contributed by atoms with Crippen LogP contribution < -0.4 is 10.6 Å². The summed E-state index contributed by atoms with van der Waals surface area (Å²) in [6, 6.07) is 0.110. The molecule has 0 radical (unpaired) electrons. The smallest absolute Gasteiger partial charge is 0.459 e. The summed E-state index contributed by atoms with van der Waals surface area (Å²) in [5.41, 5.74) is 0.263. The molecular formula is C17H32N2O9Si. The van der Waals surface area contributed by atoms with Gasteiger partial charge in [-0.1, -0.05) is 6.58 Å². The summed E-state index contributed by atoms with van der Waals surface area (Å²) in [5, 5.41) is 5.05. The topological polar surface area (TPSA) is 131 Å². The summed E-state index contributed by atoms with van der Waals surface area (Å²) < 4.78 is 30.5. The molecule has 0 aliphatic carbocycles. The standard InChI is InChI=1S/C17H32N2O9Si/c1-13(2)15(20)26-9-10-28-17(22)19-14(3)12-18-16(21)27-8-7-11-29(23-4,24-5)25-6/h14H,1,7-12H2,2-6H3,(H,18,21)(H,19,22). The summed E-state index contributed by atoms with van der Waals surface area (Å²) in [6.07, 6.45) is -0.789. The molecule has 1 unspecified atom stereocenters. The number of hydrogen-bond donors (Lipinski definition) is 2. The number of rotatable bonds is 14. The monoisotopic (exact) mass is 436 g/mol. The molecule has 0 aromatic carbocycles. The van der Waals surface area contributed by atoms with Crippen LogP contribution in [0.15, 0.2) is 12.2 Å². The van der Waals surface area contributed by atoms with Crippen LogP contribution >= 0.6 is 0 Å². The fourth-order valence-corrected chi connectivity index (χ4v) is 3.67. The third-order valence-corrected chi connectivity index (χ3v) is 6.44. The van der Waals surface area contributed by atoms with Gasteiger partial charge in [-0.05, 0) is 20.3 Å². The number of esters is 1. The highest BCUT2D eigenvalue weighted by molar-refractivity contribution is 6.60. The summed E-state index contributed by atoms with van der Waals surface area (Å²) in [4.78, 5) is 34.4. The molecule has 0 fully saturated rings. The molecule has 0 rings (SSSR count). The lowest BCUT2D eigenvalue weighted by molar-refractivity contribution is -0.139. The van der Waals surface area contributed by atoms with E-state index in [2.05, 4.69) is 17.2 Å². The summed E-state index contributed by atoms with van der Waals surface area (Å²) in [5.74, 6) is -0.551. The van der Waals surface area contributed by atoms with E-state index < -0.39 is 33.0 Å². The predicted molar refractivity (Wildman–Crippen MR) is 105 cm³/mol. The van der Waals surface area contributed by atoms with Crippen LogP contribution in [-0.2, 0) is 32.3 Å². The lowest BCUT2D eigenvalue weighted by Gasteiger charge is -2.24. The Bertz CT molecular complexity index is 533. The Balaban J connectivity index is 3.88. The zero-order valence-corrected chi connectivity index (χ0v) is 18.7. The highest BCUT2D eigenvalue weighted by Gasteiger charge is 2.37. The Morgan fingerprint density at radius 3 is 2.03 bits per heavy atom. The maximum absolute atomic E-state index is 11.7. The number of carbonyl (C=O) groups is 3. The molecule has 168 valence electrons. The second kappa shape index (κ2) is 14.8. The first-order chi connectivity index (χ1) is 13.7. The second-order valence-corrected chi connectivity index (χ2v) is 9.10. The minimum Gasteiger partial charge on any atom is -0.459 e. The van der Waals surface area contributed by atoms with Crippen LogP contribution in [0.1, 0.15) is 20.3 Å². The zero-order valence-electron chi connectivity index (χ0n) is 17.7. The van der Waals surface area contributed by atoms with Crippen molar-refractivity contribution in [1.82, 2.24) is 10.6 Å². The molecule has 12 heteroatoms. The maximum Gasteiger partial charge on any atom is 0.500 e. The molecule has 0 aliphatic heterocycles. The van der Waals surface area contributed by atoms with Gasteiger partial charge in [0.2, 0.25) is 0 Å². The first-order valence-corrected chi connectivity index (χ1v) is 10.9. The van der Waals surface area contributed by atoms with Gasteiger partial charge < -0.3 is 38.1 Å². The van der Waals surface area contributed by atoms with Gasteiger partial charge in [0.15, 0.2) is 0 Å². The molecule has 0 bridgehead atoms.